The molecule has 0 amide bonds. The van der Waals surface area contributed by atoms with Gasteiger partial charge in [0.05, 0.1) is 131 Å². The molecule has 5 aliphatic rings. The second-order valence-corrected chi connectivity index (χ2v) is 35.2. The molecule has 41 heteroatoms. The van der Waals surface area contributed by atoms with E-state index in [1.54, 1.807) is 142 Å². The monoisotopic (exact) mass is 2000 g/mol. The lowest BCUT2D eigenvalue weighted by Gasteiger charge is -2.08. The van der Waals surface area contributed by atoms with Crippen molar-refractivity contribution in [1.82, 2.24) is 161 Å². The maximum absolute atomic E-state index is 8.93. The summed E-state index contributed by atoms with van der Waals surface area (Å²) in [5.41, 5.74) is 26.9. The molecule has 0 aliphatic carbocycles. The number of ether oxygens (including phenoxy) is 6. The highest BCUT2D eigenvalue weighted by molar-refractivity contribution is 6.30. The van der Waals surface area contributed by atoms with Gasteiger partial charge in [-0.1, -0.05) is 75.7 Å². The number of halogens is 1. The van der Waals surface area contributed by atoms with Gasteiger partial charge in [-0.2, -0.15) is 5.26 Å². The lowest BCUT2D eigenvalue weighted by atomic mass is 10.1. The third-order valence-electron chi connectivity index (χ3n) is 24.8. The molecule has 0 fully saturated rings. The molecule has 0 atom stereocenters. The molecule has 150 heavy (non-hydrogen) atoms. The summed E-state index contributed by atoms with van der Waals surface area (Å²) < 4.78 is 52.3. The summed E-state index contributed by atoms with van der Waals surface area (Å²) in [4.78, 5) is 56.0. The van der Waals surface area contributed by atoms with E-state index in [9.17, 15) is 0 Å². The number of hydrogen-bond acceptors (Lipinski definition) is 30. The molecule has 0 saturated carbocycles. The molecule has 15 aromatic heterocycles. The van der Waals surface area contributed by atoms with Crippen LogP contribution in [0.3, 0.4) is 0 Å². The van der Waals surface area contributed by atoms with Crippen LogP contribution < -0.4 is 4.74 Å². The van der Waals surface area contributed by atoms with Crippen LogP contribution in [-0.4, -0.2) is 204 Å². The summed E-state index contributed by atoms with van der Waals surface area (Å²) in [6.07, 6.45) is 25.0. The van der Waals surface area contributed by atoms with Gasteiger partial charge in [-0.05, 0) is 173 Å². The van der Waals surface area contributed by atoms with E-state index in [1.807, 2.05) is 10.9 Å². The number of aryl methyl sites for hydroxylation is 5. The number of fused-ring (bicyclic) bond motifs is 25. The second-order valence-electron chi connectivity index (χ2n) is 34.8. The number of methoxy groups -OCH3 is 6. The van der Waals surface area contributed by atoms with Gasteiger partial charge in [-0.15, -0.1) is 51.0 Å². The summed E-state index contributed by atoms with van der Waals surface area (Å²) in [6.45, 7) is 14.8. The van der Waals surface area contributed by atoms with Gasteiger partial charge < -0.3 is 51.3 Å². The SMILES string of the molecule is COCc1nnc2n1Cc1c(C#Cc3ccc(C#N)cn3)ncn1-c1ccc(C)cc1-2.COCc1nnc2n1Cc1c(C#Cc3ccc(Cl)cn3)ncn1-c1ccc(C)cc1-2.COCc1nnc2n1Cc1c(C#Cc3cnccn3)ncn1-c1ccc(C)cc1-2.COCc1nnc2n1Cc1c(C#Cc3cncnc3)ncn1-c1ccc(C)cc1-2.COCc1nnc2n1Cc1c(C#Cc3ncc(OC)cn3)ncn1-c1ccc(C)cc1-2. The Bertz CT molecular complexity index is 8750. The van der Waals surface area contributed by atoms with Crippen LogP contribution in [0.5, 0.6) is 5.75 Å². The first-order valence-electron chi connectivity index (χ1n) is 46.9. The van der Waals surface area contributed by atoms with E-state index < -0.39 is 0 Å². The van der Waals surface area contributed by atoms with Gasteiger partial charge in [0.15, 0.2) is 64.0 Å². The third-order valence-corrected chi connectivity index (χ3v) is 25.0. The van der Waals surface area contributed by atoms with Crippen molar-refractivity contribution in [2.75, 3.05) is 42.7 Å². The van der Waals surface area contributed by atoms with Crippen LogP contribution in [0.2, 0.25) is 5.02 Å². The average Bonchev–Trinajstić information content (AvgIpc) is 1.62. The van der Waals surface area contributed by atoms with Gasteiger partial charge in [0.1, 0.15) is 123 Å². The minimum atomic E-state index is 0.360. The molecular formula is C109H87ClN34O6. The molecule has 0 radical (unpaired) electrons. The topological polar surface area (TPSA) is 425 Å². The van der Waals surface area contributed by atoms with Crippen molar-refractivity contribution in [1.29, 1.82) is 5.26 Å². The van der Waals surface area contributed by atoms with Gasteiger partial charge in [0, 0.05) is 101 Å². The minimum Gasteiger partial charge on any atom is -0.494 e. The number of imidazole rings is 5. The van der Waals surface area contributed by atoms with Gasteiger partial charge in [-0.25, -0.2) is 59.8 Å². The van der Waals surface area contributed by atoms with Crippen LogP contribution in [0.15, 0.2) is 209 Å². The zero-order chi connectivity index (χ0) is 103. The number of benzene rings is 5. The molecule has 0 spiro atoms. The Hall–Kier alpha value is -19.4. The highest BCUT2D eigenvalue weighted by atomic mass is 35.5. The van der Waals surface area contributed by atoms with Crippen molar-refractivity contribution in [3.63, 3.8) is 0 Å². The van der Waals surface area contributed by atoms with Crippen LogP contribution in [0, 0.1) is 105 Å². The minimum absolute atomic E-state index is 0.360. The highest BCUT2D eigenvalue weighted by Crippen LogP contribution is 2.40. The second kappa shape index (κ2) is 42.9. The first-order valence-corrected chi connectivity index (χ1v) is 47.2. The molecule has 5 aliphatic heterocycles. The summed E-state index contributed by atoms with van der Waals surface area (Å²) in [5.74, 6) is 39.8. The normalized spacial score (nSPS) is 11.6. The lowest BCUT2D eigenvalue weighted by Crippen LogP contribution is -2.09. The average molecular weight is 2000 g/mol. The Morgan fingerprint density at radius 1 is 0.293 bits per heavy atom. The van der Waals surface area contributed by atoms with Crippen molar-refractivity contribution < 1.29 is 28.4 Å². The lowest BCUT2D eigenvalue weighted by molar-refractivity contribution is 0.174. The standard InChI is InChI=1S/C23H17N7O.C22H17ClN6O.C22H19N7O2.2C21H17N7O/c1-15-3-8-20-18(9-15)23-28-27-22(13-31-2)29(23)12-21-19(26-14-30(20)21)7-6-17-5-4-16(10-24)11-25-17;1-14-3-8-19-17(9-14)22-27-26-21(12-30-2)28(22)11-20-18(25-13-29(19)20)7-6-16-5-4-15(23)10-24-16;1-14-4-6-18-16(8-14)22-27-26-21(12-30-2)28(22)11-19-17(25-13-29(18)19)5-7-20-23-9-15(31-3)10-24-20;1-14-3-6-18-16(7-14)21-26-25-20(11-29-2)27(21)10-19-17(24-13-28(18)19)5-4-15-8-22-12-23-9-15;1-14-3-6-18-16(9-14)21-26-25-20(12-29-2)27(21)11-19-17(24-13-28(18)19)5-4-15-10-22-7-8-23-15/h3-5,8-9,11,14H,12-13H2,1-2H3;3-5,8-10,13H,11-12H2,1-2H3;4,6,8-10,13H,11-12H2,1-3H3;3,6-9,12-13H,10-11H2,1-2H3;3,6-10,13H,11-12H2,1-2H3. The third kappa shape index (κ3) is 19.7. The van der Waals surface area contributed by atoms with E-state index in [1.165, 1.54) is 12.5 Å². The van der Waals surface area contributed by atoms with Crippen molar-refractivity contribution in [2.45, 2.75) is 100 Å². The summed E-state index contributed by atoms with van der Waals surface area (Å²) >= 11 is 5.91. The summed E-state index contributed by atoms with van der Waals surface area (Å²) in [6, 6.07) is 40.4. The van der Waals surface area contributed by atoms with E-state index in [-0.39, 0.29) is 0 Å². The van der Waals surface area contributed by atoms with Gasteiger partial charge in [0.2, 0.25) is 5.82 Å². The Morgan fingerprint density at radius 2 is 0.613 bits per heavy atom. The fourth-order valence-electron chi connectivity index (χ4n) is 17.6. The maximum atomic E-state index is 8.93. The maximum Gasteiger partial charge on any atom is 0.205 e. The van der Waals surface area contributed by atoms with Crippen molar-refractivity contribution >= 4 is 11.6 Å². The van der Waals surface area contributed by atoms with Crippen molar-refractivity contribution in [3.8, 4) is 156 Å². The highest BCUT2D eigenvalue weighted by Gasteiger charge is 2.33. The van der Waals surface area contributed by atoms with Gasteiger partial charge >= 0.3 is 0 Å². The Balaban J connectivity index is 0.000000109. The van der Waals surface area contributed by atoms with E-state index in [4.69, 9.17) is 45.3 Å². The quantitative estimate of drug-likeness (QED) is 0.109. The number of pyridine rings is 2. The first-order chi connectivity index (χ1) is 73.5. The zero-order valence-electron chi connectivity index (χ0n) is 82.7. The molecule has 5 aromatic carbocycles. The van der Waals surface area contributed by atoms with Crippen LogP contribution in [0.4, 0.5) is 0 Å². The number of nitrogens with zero attached hydrogens (tertiary/aromatic N) is 34. The van der Waals surface area contributed by atoms with E-state index in [0.717, 1.165) is 176 Å². The molecule has 0 unspecified atom stereocenters. The predicted molar refractivity (Wildman–Crippen MR) is 546 cm³/mol. The molecule has 20 aromatic rings. The predicted octanol–water partition coefficient (Wildman–Crippen LogP) is 12.4. The fraction of sp³-hybridized carbons (Fsp3) is 0.193. The van der Waals surface area contributed by atoms with Crippen LogP contribution in [-0.2, 0) is 89.4 Å². The fourth-order valence-corrected chi connectivity index (χ4v) is 17.7. The first kappa shape index (κ1) is 96.7. The number of rotatable bonds is 11. The van der Waals surface area contributed by atoms with Gasteiger partial charge in [-0.3, -0.25) is 27.8 Å². The largest absolute Gasteiger partial charge is 0.494 e. The van der Waals surface area contributed by atoms with Crippen LogP contribution in [0.25, 0.3) is 85.4 Å². The Kier molecular flexibility index (Phi) is 27.6. The Labute approximate surface area is 863 Å². The molecular weight excluding hydrogens is 1920 g/mol. The molecule has 0 saturated heterocycles. The number of hydrogen-bond donors (Lipinski definition) is 0. The number of aromatic nitrogens is 33. The van der Waals surface area contributed by atoms with Crippen LogP contribution in [0.1, 0.15) is 148 Å². The van der Waals surface area contributed by atoms with Gasteiger partial charge in [0.25, 0.3) is 0 Å². The zero-order valence-corrected chi connectivity index (χ0v) is 83.5. The Morgan fingerprint density at radius 3 is 0.907 bits per heavy atom. The van der Waals surface area contributed by atoms with E-state index in [2.05, 4.69) is 348 Å². The van der Waals surface area contributed by atoms with E-state index >= 15 is 0 Å². The molecule has 25 rings (SSSR count). The molecule has 0 bridgehead atoms. The smallest absolute Gasteiger partial charge is 0.205 e. The van der Waals surface area contributed by atoms with E-state index in [0.29, 0.717) is 133 Å². The molecule has 40 nitrogen and oxygen atoms in total. The molecule has 20 heterocycles. The number of nitriles is 1. The van der Waals surface area contributed by atoms with Crippen molar-refractivity contribution in [2.24, 2.45) is 0 Å². The molecule has 736 valence electrons. The summed E-state index contributed by atoms with van der Waals surface area (Å²) in [7, 11) is 9.81. The van der Waals surface area contributed by atoms with Crippen molar-refractivity contribution in [3.05, 3.63) is 362 Å². The molecule has 0 N–H and O–H groups in total. The van der Waals surface area contributed by atoms with Crippen LogP contribution >= 0.6 is 11.6 Å². The summed E-state index contributed by atoms with van der Waals surface area (Å²) in [5, 5.41) is 53.5.